The van der Waals surface area contributed by atoms with Gasteiger partial charge >= 0.3 is 19.8 Å². The van der Waals surface area contributed by atoms with Crippen molar-refractivity contribution in [1.29, 1.82) is 0 Å². The number of phosphoric acid groups is 1. The maximum Gasteiger partial charge on any atom is 0.472 e. The zero-order valence-corrected chi connectivity index (χ0v) is 24.0. The first-order chi connectivity index (χ1) is 18.2. The molecule has 0 bridgehead atoms. The van der Waals surface area contributed by atoms with Gasteiger partial charge in [0.2, 0.25) is 0 Å². The van der Waals surface area contributed by atoms with E-state index in [1.807, 2.05) is 0 Å². The minimum absolute atomic E-state index is 0.176. The summed E-state index contributed by atoms with van der Waals surface area (Å²) in [5, 5.41) is 18.4. The molecule has 222 valence electrons. The third-order valence-electron chi connectivity index (χ3n) is 5.47. The molecule has 3 atom stereocenters. The van der Waals surface area contributed by atoms with Gasteiger partial charge in [0, 0.05) is 13.3 Å². The van der Waals surface area contributed by atoms with Crippen LogP contribution in [0.5, 0.6) is 0 Å². The van der Waals surface area contributed by atoms with Crippen molar-refractivity contribution < 1.29 is 47.8 Å². The van der Waals surface area contributed by atoms with E-state index in [9.17, 15) is 24.2 Å². The summed E-state index contributed by atoms with van der Waals surface area (Å²) in [7, 11) is -4.58. The van der Waals surface area contributed by atoms with E-state index in [0.29, 0.717) is 6.42 Å². The quantitative estimate of drug-likeness (QED) is 0.0588. The molecule has 0 aromatic rings. The molecule has 0 rings (SSSR count). The molecule has 0 saturated heterocycles. The van der Waals surface area contributed by atoms with Crippen molar-refractivity contribution in [2.45, 2.75) is 110 Å². The van der Waals surface area contributed by atoms with Crippen LogP contribution >= 0.6 is 7.82 Å². The number of allylic oxidation sites excluding steroid dienone is 4. The molecule has 0 heterocycles. The van der Waals surface area contributed by atoms with Crippen LogP contribution in [0.25, 0.3) is 0 Å². The van der Waals surface area contributed by atoms with Gasteiger partial charge in [-0.15, -0.1) is 0 Å². The molecule has 0 amide bonds. The third kappa shape index (κ3) is 23.6. The highest BCUT2D eigenvalue weighted by atomic mass is 31.2. The molecule has 0 aliphatic carbocycles. The van der Waals surface area contributed by atoms with Crippen LogP contribution in [0, 0.1) is 0 Å². The SMILES string of the molecule is CCCCCC/C=C\C/C=C\CCCCCCCC(=O)OC(CO)COP(=O)(O)OCC(CO)OC(C)=O. The number of hydrogen-bond donors (Lipinski definition) is 3. The second kappa shape index (κ2) is 24.5. The number of carbonyl (C=O) groups is 2. The van der Waals surface area contributed by atoms with Gasteiger partial charge in [0.15, 0.2) is 0 Å². The number of esters is 2. The second-order valence-electron chi connectivity index (χ2n) is 9.10. The number of rotatable bonds is 25. The first kappa shape index (κ1) is 36.5. The molecule has 0 spiro atoms. The maximum absolute atomic E-state index is 12.0. The van der Waals surface area contributed by atoms with Crippen LogP contribution in [0.15, 0.2) is 24.3 Å². The van der Waals surface area contributed by atoms with Crippen molar-refractivity contribution in [3.63, 3.8) is 0 Å². The monoisotopic (exact) mass is 564 g/mol. The molecule has 3 unspecified atom stereocenters. The van der Waals surface area contributed by atoms with E-state index in [4.69, 9.17) is 14.4 Å². The van der Waals surface area contributed by atoms with E-state index in [-0.39, 0.29) is 6.42 Å². The number of carbonyl (C=O) groups excluding carboxylic acids is 2. The Hall–Kier alpha value is -1.55. The van der Waals surface area contributed by atoms with Crippen LogP contribution in [-0.4, -0.2) is 65.7 Å². The summed E-state index contributed by atoms with van der Waals surface area (Å²) < 4.78 is 31.1. The van der Waals surface area contributed by atoms with Crippen molar-refractivity contribution in [1.82, 2.24) is 0 Å². The summed E-state index contributed by atoms with van der Waals surface area (Å²) in [5.41, 5.74) is 0. The zero-order valence-electron chi connectivity index (χ0n) is 23.1. The molecule has 10 nitrogen and oxygen atoms in total. The van der Waals surface area contributed by atoms with Crippen LogP contribution in [0.2, 0.25) is 0 Å². The minimum atomic E-state index is -4.58. The average molecular weight is 565 g/mol. The highest BCUT2D eigenvalue weighted by Crippen LogP contribution is 2.43. The molecular formula is C27H49O10P. The van der Waals surface area contributed by atoms with E-state index >= 15 is 0 Å². The lowest BCUT2D eigenvalue weighted by Gasteiger charge is -2.20. The van der Waals surface area contributed by atoms with Gasteiger partial charge in [-0.3, -0.25) is 18.6 Å². The zero-order chi connectivity index (χ0) is 28.5. The van der Waals surface area contributed by atoms with Crippen molar-refractivity contribution in [3.8, 4) is 0 Å². The van der Waals surface area contributed by atoms with Gasteiger partial charge in [-0.05, 0) is 38.5 Å². The Kier molecular flexibility index (Phi) is 23.5. The van der Waals surface area contributed by atoms with Crippen LogP contribution in [0.4, 0.5) is 0 Å². The fourth-order valence-electron chi connectivity index (χ4n) is 3.38. The summed E-state index contributed by atoms with van der Waals surface area (Å²) in [6.07, 6.45) is 20.0. The summed E-state index contributed by atoms with van der Waals surface area (Å²) in [4.78, 5) is 32.6. The summed E-state index contributed by atoms with van der Waals surface area (Å²) in [6, 6.07) is 0. The number of aliphatic hydroxyl groups excluding tert-OH is 2. The van der Waals surface area contributed by atoms with Gasteiger partial charge in [0.25, 0.3) is 0 Å². The fraction of sp³-hybridized carbons (Fsp3) is 0.778. The molecule has 3 N–H and O–H groups in total. The van der Waals surface area contributed by atoms with Crippen LogP contribution in [-0.2, 0) is 32.7 Å². The van der Waals surface area contributed by atoms with Crippen LogP contribution in [0.3, 0.4) is 0 Å². The van der Waals surface area contributed by atoms with Gasteiger partial charge in [-0.25, -0.2) is 4.57 Å². The molecule has 0 aliphatic rings. The van der Waals surface area contributed by atoms with Crippen LogP contribution < -0.4 is 0 Å². The number of phosphoric ester groups is 1. The van der Waals surface area contributed by atoms with E-state index < -0.39 is 58.4 Å². The molecule has 0 radical (unpaired) electrons. The Labute approximate surface area is 228 Å². The normalized spacial score (nSPS) is 15.0. The van der Waals surface area contributed by atoms with E-state index in [0.717, 1.165) is 45.4 Å². The Morgan fingerprint density at radius 3 is 1.79 bits per heavy atom. The Morgan fingerprint density at radius 1 is 0.763 bits per heavy atom. The first-order valence-electron chi connectivity index (χ1n) is 13.7. The largest absolute Gasteiger partial charge is 0.472 e. The highest BCUT2D eigenvalue weighted by molar-refractivity contribution is 7.47. The molecule has 0 aromatic carbocycles. The Morgan fingerprint density at radius 2 is 1.26 bits per heavy atom. The lowest BCUT2D eigenvalue weighted by atomic mass is 10.1. The second-order valence-corrected chi connectivity index (χ2v) is 10.6. The molecule has 0 fully saturated rings. The number of hydrogen-bond acceptors (Lipinski definition) is 9. The summed E-state index contributed by atoms with van der Waals surface area (Å²) in [5.74, 6) is -1.22. The fourth-order valence-corrected chi connectivity index (χ4v) is 4.16. The Balaban J connectivity index is 3.88. The maximum atomic E-state index is 12.0. The summed E-state index contributed by atoms with van der Waals surface area (Å²) in [6.45, 7) is 1.01. The molecule has 38 heavy (non-hydrogen) atoms. The van der Waals surface area contributed by atoms with Crippen molar-refractivity contribution in [2.75, 3.05) is 26.4 Å². The highest BCUT2D eigenvalue weighted by Gasteiger charge is 2.27. The van der Waals surface area contributed by atoms with Gasteiger partial charge in [-0.1, -0.05) is 69.8 Å². The van der Waals surface area contributed by atoms with Crippen molar-refractivity contribution in [2.24, 2.45) is 0 Å². The number of aliphatic hydroxyl groups is 2. The first-order valence-corrected chi connectivity index (χ1v) is 15.2. The van der Waals surface area contributed by atoms with Gasteiger partial charge < -0.3 is 24.6 Å². The van der Waals surface area contributed by atoms with Crippen molar-refractivity contribution in [3.05, 3.63) is 24.3 Å². The number of ether oxygens (including phenoxy) is 2. The molecule has 0 saturated carbocycles. The number of unbranched alkanes of at least 4 members (excludes halogenated alkanes) is 9. The summed E-state index contributed by atoms with van der Waals surface area (Å²) >= 11 is 0. The molecule has 0 aromatic heterocycles. The average Bonchev–Trinajstić information content (AvgIpc) is 2.88. The van der Waals surface area contributed by atoms with Gasteiger partial charge in [0.1, 0.15) is 12.2 Å². The minimum Gasteiger partial charge on any atom is -0.458 e. The topological polar surface area (TPSA) is 149 Å². The molecule has 11 heteroatoms. The predicted molar refractivity (Wildman–Crippen MR) is 145 cm³/mol. The van der Waals surface area contributed by atoms with Gasteiger partial charge in [0.05, 0.1) is 26.4 Å². The van der Waals surface area contributed by atoms with Gasteiger partial charge in [-0.2, -0.15) is 0 Å². The van der Waals surface area contributed by atoms with Crippen molar-refractivity contribution >= 4 is 19.8 Å². The van der Waals surface area contributed by atoms with E-state index in [1.54, 1.807) is 0 Å². The molecular weight excluding hydrogens is 515 g/mol. The Bertz CT molecular complexity index is 710. The predicted octanol–water partition coefficient (Wildman–Crippen LogP) is 5.15. The standard InChI is InChI=1S/C27H49O10P/c1-3-4-5-6-7-8-9-10-11-12-13-14-15-16-17-18-19-27(31)37-26(21-29)23-35-38(32,33)34-22-25(20-28)36-24(2)30/h8-9,11-12,25-26,28-29H,3-7,10,13-23H2,1-2H3,(H,32,33)/b9-8-,12-11-. The lowest BCUT2D eigenvalue weighted by Crippen LogP contribution is -2.28. The lowest BCUT2D eigenvalue weighted by molar-refractivity contribution is -0.153. The smallest absolute Gasteiger partial charge is 0.458 e. The van der Waals surface area contributed by atoms with Crippen LogP contribution in [0.1, 0.15) is 97.3 Å². The third-order valence-corrected chi connectivity index (χ3v) is 6.42. The molecule has 0 aliphatic heterocycles. The van der Waals surface area contributed by atoms with E-state index in [1.165, 1.54) is 32.1 Å². The van der Waals surface area contributed by atoms with E-state index in [2.05, 4.69) is 40.5 Å².